The van der Waals surface area contributed by atoms with Gasteiger partial charge in [0.1, 0.15) is 0 Å². The van der Waals surface area contributed by atoms with Gasteiger partial charge in [-0.1, -0.05) is 24.3 Å². The number of carbonyl (C=O) groups is 2. The second-order valence-electron chi connectivity index (χ2n) is 4.13. The van der Waals surface area contributed by atoms with Crippen molar-refractivity contribution >= 4 is 11.6 Å². The second-order valence-corrected chi connectivity index (χ2v) is 4.13. The summed E-state index contributed by atoms with van der Waals surface area (Å²) in [4.78, 5) is 24.3. The molecule has 0 saturated carbocycles. The Morgan fingerprint density at radius 1 is 1.06 bits per heavy atom. The number of Topliss-reactive ketones (excluding diaryl/α,β-unsaturated/α-hetero) is 2. The van der Waals surface area contributed by atoms with E-state index in [0.717, 1.165) is 0 Å². The fourth-order valence-corrected chi connectivity index (χ4v) is 2.26. The summed E-state index contributed by atoms with van der Waals surface area (Å²) in [5.74, 6) is -0.334. The van der Waals surface area contributed by atoms with Crippen LogP contribution in [-0.2, 0) is 4.74 Å². The molecule has 1 aliphatic carbocycles. The van der Waals surface area contributed by atoms with Gasteiger partial charge in [0.05, 0.1) is 6.61 Å². The molecule has 0 fully saturated rings. The average Bonchev–Trinajstić information content (AvgIpc) is 2.36. The summed E-state index contributed by atoms with van der Waals surface area (Å²) >= 11 is 0. The lowest BCUT2D eigenvalue weighted by Crippen LogP contribution is -2.32. The third-order valence-electron chi connectivity index (χ3n) is 3.13. The first-order valence-electron chi connectivity index (χ1n) is 5.38. The maximum Gasteiger partial charge on any atom is 0.192 e. The lowest BCUT2D eigenvalue weighted by molar-refractivity contribution is -0.0955. The zero-order valence-electron chi connectivity index (χ0n) is 8.97. The van der Waals surface area contributed by atoms with Gasteiger partial charge in [0.2, 0.25) is 0 Å². The Bertz CT molecular complexity index is 556. The first-order valence-corrected chi connectivity index (χ1v) is 5.38. The number of benzene rings is 1. The summed E-state index contributed by atoms with van der Waals surface area (Å²) in [6.07, 6.45) is -0.899. The summed E-state index contributed by atoms with van der Waals surface area (Å²) in [7, 11) is 0. The molecule has 2 aliphatic rings. The summed E-state index contributed by atoms with van der Waals surface area (Å²) in [6.45, 7) is 0.00933. The van der Waals surface area contributed by atoms with Crippen molar-refractivity contribution in [1.29, 1.82) is 0 Å². The van der Waals surface area contributed by atoms with Crippen molar-refractivity contribution in [3.8, 4) is 0 Å². The Morgan fingerprint density at radius 3 is 2.29 bits per heavy atom. The van der Waals surface area contributed by atoms with E-state index in [1.807, 2.05) is 0 Å². The van der Waals surface area contributed by atoms with Crippen LogP contribution < -0.4 is 0 Å². The lowest BCUT2D eigenvalue weighted by Gasteiger charge is -2.27. The fraction of sp³-hybridized carbons (Fsp3) is 0.231. The quantitative estimate of drug-likeness (QED) is 0.725. The topological polar surface area (TPSA) is 63.6 Å². The van der Waals surface area contributed by atoms with Gasteiger partial charge in [0, 0.05) is 28.7 Å². The zero-order chi connectivity index (χ0) is 12.0. The van der Waals surface area contributed by atoms with Crippen LogP contribution in [0.2, 0.25) is 0 Å². The van der Waals surface area contributed by atoms with E-state index in [1.165, 1.54) is 0 Å². The van der Waals surface area contributed by atoms with Crippen molar-refractivity contribution in [3.05, 3.63) is 46.5 Å². The van der Waals surface area contributed by atoms with Crippen molar-refractivity contribution < 1.29 is 19.4 Å². The van der Waals surface area contributed by atoms with E-state index in [-0.39, 0.29) is 24.6 Å². The highest BCUT2D eigenvalue weighted by Gasteiger charge is 2.35. The van der Waals surface area contributed by atoms with Crippen LogP contribution in [0, 0.1) is 0 Å². The van der Waals surface area contributed by atoms with Gasteiger partial charge in [0.25, 0.3) is 0 Å². The molecule has 0 amide bonds. The Kier molecular flexibility index (Phi) is 2.21. The van der Waals surface area contributed by atoms with E-state index in [2.05, 4.69) is 0 Å². The third kappa shape index (κ3) is 1.45. The maximum absolute atomic E-state index is 12.2. The van der Waals surface area contributed by atoms with E-state index < -0.39 is 6.29 Å². The molecule has 3 rings (SSSR count). The smallest absolute Gasteiger partial charge is 0.192 e. The van der Waals surface area contributed by atoms with Gasteiger partial charge >= 0.3 is 0 Å². The average molecular weight is 230 g/mol. The van der Waals surface area contributed by atoms with Crippen LogP contribution in [0.1, 0.15) is 27.1 Å². The Morgan fingerprint density at radius 2 is 1.65 bits per heavy atom. The molecule has 1 N–H and O–H groups in total. The van der Waals surface area contributed by atoms with E-state index >= 15 is 0 Å². The molecule has 1 aliphatic heterocycles. The highest BCUT2D eigenvalue weighted by molar-refractivity contribution is 6.27. The lowest BCUT2D eigenvalue weighted by atomic mass is 9.82. The van der Waals surface area contributed by atoms with Crippen LogP contribution >= 0.6 is 0 Å². The number of carbonyl (C=O) groups excluding carboxylic acids is 2. The summed E-state index contributed by atoms with van der Waals surface area (Å²) in [6, 6.07) is 6.74. The van der Waals surface area contributed by atoms with Crippen molar-refractivity contribution in [2.45, 2.75) is 12.7 Å². The molecule has 0 radical (unpaired) electrons. The van der Waals surface area contributed by atoms with Crippen molar-refractivity contribution in [1.82, 2.24) is 0 Å². The molecule has 1 atom stereocenters. The standard InChI is InChI=1S/C13H10O4/c14-11-5-9-10(6-17-11)13(16)8-4-2-1-3-7(8)12(9)15/h1-4,11,14H,5-6H2/t11-/m0/s1. The number of aliphatic hydroxyl groups excluding tert-OH is 1. The van der Waals surface area contributed by atoms with Crippen LogP contribution in [0.15, 0.2) is 35.4 Å². The zero-order valence-corrected chi connectivity index (χ0v) is 8.97. The Balaban J connectivity index is 2.17. The monoisotopic (exact) mass is 230 g/mol. The molecular formula is C13H10O4. The summed E-state index contributed by atoms with van der Waals surface area (Å²) in [5, 5.41) is 9.38. The number of hydrogen-bond acceptors (Lipinski definition) is 4. The van der Waals surface area contributed by atoms with Crippen LogP contribution in [0.5, 0.6) is 0 Å². The summed E-state index contributed by atoms with van der Waals surface area (Å²) in [5.41, 5.74) is 1.63. The number of hydrogen-bond donors (Lipinski definition) is 1. The van der Waals surface area contributed by atoms with Gasteiger partial charge in [-0.25, -0.2) is 0 Å². The van der Waals surface area contributed by atoms with Crippen molar-refractivity contribution in [2.75, 3.05) is 6.61 Å². The van der Waals surface area contributed by atoms with Gasteiger partial charge in [-0.15, -0.1) is 0 Å². The molecule has 0 spiro atoms. The Labute approximate surface area is 97.5 Å². The predicted octanol–water partition coefficient (Wildman–Crippen LogP) is 1.10. The molecule has 0 unspecified atom stereocenters. The first-order chi connectivity index (χ1) is 8.18. The molecule has 0 aromatic heterocycles. The molecule has 86 valence electrons. The second kappa shape index (κ2) is 3.61. The van der Waals surface area contributed by atoms with Crippen molar-refractivity contribution in [3.63, 3.8) is 0 Å². The minimum Gasteiger partial charge on any atom is -0.368 e. The van der Waals surface area contributed by atoms with Gasteiger partial charge in [-0.2, -0.15) is 0 Å². The molecule has 4 nitrogen and oxygen atoms in total. The third-order valence-corrected chi connectivity index (χ3v) is 3.13. The predicted molar refractivity (Wildman–Crippen MR) is 58.7 cm³/mol. The van der Waals surface area contributed by atoms with E-state index in [1.54, 1.807) is 24.3 Å². The molecule has 17 heavy (non-hydrogen) atoms. The fourth-order valence-electron chi connectivity index (χ4n) is 2.26. The largest absolute Gasteiger partial charge is 0.368 e. The number of fused-ring (bicyclic) bond motifs is 1. The number of aliphatic hydroxyl groups is 1. The molecule has 0 bridgehead atoms. The van der Waals surface area contributed by atoms with Gasteiger partial charge in [-0.05, 0) is 0 Å². The highest BCUT2D eigenvalue weighted by Crippen LogP contribution is 2.31. The first kappa shape index (κ1) is 10.4. The number of ether oxygens (including phenoxy) is 1. The SMILES string of the molecule is O=C1C2=C(C[C@@H](O)OC2)C(=O)c2ccccc21. The normalized spacial score (nSPS) is 23.5. The van der Waals surface area contributed by atoms with E-state index in [4.69, 9.17) is 4.74 Å². The maximum atomic E-state index is 12.2. The minimum absolute atomic E-state index is 0.00933. The molecule has 4 heteroatoms. The van der Waals surface area contributed by atoms with Gasteiger partial charge in [-0.3, -0.25) is 9.59 Å². The molecule has 0 saturated heterocycles. The van der Waals surface area contributed by atoms with Crippen LogP contribution in [0.3, 0.4) is 0 Å². The Hall–Kier alpha value is -1.78. The minimum atomic E-state index is -0.990. The molecule has 1 aromatic rings. The van der Waals surface area contributed by atoms with Crippen LogP contribution in [-0.4, -0.2) is 29.6 Å². The number of ketones is 2. The highest BCUT2D eigenvalue weighted by atomic mass is 16.6. The summed E-state index contributed by atoms with van der Waals surface area (Å²) < 4.78 is 5.01. The van der Waals surface area contributed by atoms with E-state index in [9.17, 15) is 14.7 Å². The van der Waals surface area contributed by atoms with Crippen LogP contribution in [0.4, 0.5) is 0 Å². The van der Waals surface area contributed by atoms with Gasteiger partial charge in [0.15, 0.2) is 17.9 Å². The molecule has 1 aromatic carbocycles. The molecular weight excluding hydrogens is 220 g/mol. The van der Waals surface area contributed by atoms with Gasteiger partial charge < -0.3 is 9.84 Å². The van der Waals surface area contributed by atoms with Crippen LogP contribution in [0.25, 0.3) is 0 Å². The van der Waals surface area contributed by atoms with Crippen molar-refractivity contribution in [2.24, 2.45) is 0 Å². The molecule has 1 heterocycles. The van der Waals surface area contributed by atoms with E-state index in [0.29, 0.717) is 22.3 Å². The number of rotatable bonds is 0.